The molecule has 0 spiro atoms. The summed E-state index contributed by atoms with van der Waals surface area (Å²) in [4.78, 5) is 25.5. The number of carbonyl (C=O) groups excluding carboxylic acids is 2. The molecule has 1 fully saturated rings. The second kappa shape index (κ2) is 9.23. The Balaban J connectivity index is 1.98. The van der Waals surface area contributed by atoms with Gasteiger partial charge < -0.3 is 14.4 Å². The van der Waals surface area contributed by atoms with Crippen molar-refractivity contribution in [2.24, 2.45) is 0 Å². The van der Waals surface area contributed by atoms with E-state index in [0.29, 0.717) is 13.1 Å². The zero-order valence-electron chi connectivity index (χ0n) is 14.4. The Hall–Kier alpha value is -2.14. The average Bonchev–Trinajstić information content (AvgIpc) is 3.10. The van der Waals surface area contributed by atoms with Gasteiger partial charge in [-0.25, -0.2) is 0 Å². The number of methoxy groups -OCH3 is 1. The molecule has 1 aliphatic heterocycles. The predicted molar refractivity (Wildman–Crippen MR) is 92.4 cm³/mol. The van der Waals surface area contributed by atoms with E-state index < -0.39 is 0 Å². The molecule has 5 nitrogen and oxygen atoms in total. The van der Waals surface area contributed by atoms with E-state index >= 15 is 0 Å². The van der Waals surface area contributed by atoms with Crippen molar-refractivity contribution in [1.82, 2.24) is 4.90 Å². The number of rotatable bonds is 7. The minimum Gasteiger partial charge on any atom is -0.469 e. The van der Waals surface area contributed by atoms with Crippen LogP contribution >= 0.6 is 0 Å². The third-order valence-electron chi connectivity index (χ3n) is 4.07. The van der Waals surface area contributed by atoms with E-state index in [9.17, 15) is 9.59 Å². The summed E-state index contributed by atoms with van der Waals surface area (Å²) in [5.41, 5.74) is 2.15. The lowest BCUT2D eigenvalue weighted by Gasteiger charge is -2.24. The summed E-state index contributed by atoms with van der Waals surface area (Å²) in [6.07, 6.45) is 5.55. The van der Waals surface area contributed by atoms with Crippen LogP contribution in [0.25, 0.3) is 6.08 Å². The number of benzene rings is 1. The van der Waals surface area contributed by atoms with Crippen molar-refractivity contribution in [3.8, 4) is 0 Å². The van der Waals surface area contributed by atoms with Gasteiger partial charge in [0.05, 0.1) is 19.6 Å². The molecular formula is C19H25NO4. The molecule has 1 heterocycles. The summed E-state index contributed by atoms with van der Waals surface area (Å²) in [7, 11) is 1.35. The molecule has 0 saturated carbocycles. The molecule has 0 aliphatic carbocycles. The van der Waals surface area contributed by atoms with Gasteiger partial charge in [0.25, 0.3) is 0 Å². The van der Waals surface area contributed by atoms with Gasteiger partial charge in [0.1, 0.15) is 0 Å². The third-order valence-corrected chi connectivity index (χ3v) is 4.07. The van der Waals surface area contributed by atoms with Gasteiger partial charge in [0.15, 0.2) is 0 Å². The fraction of sp³-hybridized carbons (Fsp3) is 0.474. The van der Waals surface area contributed by atoms with Crippen molar-refractivity contribution >= 4 is 18.0 Å². The third kappa shape index (κ3) is 5.81. The number of hydrogen-bond acceptors (Lipinski definition) is 4. The van der Waals surface area contributed by atoms with Crippen molar-refractivity contribution in [2.75, 3.05) is 26.8 Å². The number of esters is 1. The smallest absolute Gasteiger partial charge is 0.307 e. The first-order valence-corrected chi connectivity index (χ1v) is 8.30. The Morgan fingerprint density at radius 1 is 1.33 bits per heavy atom. The number of amides is 1. The number of aryl methyl sites for hydroxylation is 1. The van der Waals surface area contributed by atoms with Crippen LogP contribution in [0.5, 0.6) is 0 Å². The van der Waals surface area contributed by atoms with Gasteiger partial charge in [-0.05, 0) is 31.4 Å². The van der Waals surface area contributed by atoms with E-state index in [-0.39, 0.29) is 24.4 Å². The first-order valence-electron chi connectivity index (χ1n) is 8.30. The van der Waals surface area contributed by atoms with Crippen LogP contribution in [0.15, 0.2) is 30.3 Å². The molecule has 0 radical (unpaired) electrons. The van der Waals surface area contributed by atoms with E-state index in [1.165, 1.54) is 12.7 Å². The van der Waals surface area contributed by atoms with Gasteiger partial charge in [-0.2, -0.15) is 0 Å². The summed E-state index contributed by atoms with van der Waals surface area (Å²) in [6.45, 7) is 3.61. The zero-order chi connectivity index (χ0) is 17.4. The van der Waals surface area contributed by atoms with Gasteiger partial charge >= 0.3 is 5.97 Å². The number of carbonyl (C=O) groups is 2. The maximum atomic E-state index is 12.5. The van der Waals surface area contributed by atoms with E-state index in [0.717, 1.165) is 25.0 Å². The molecule has 24 heavy (non-hydrogen) atoms. The Kier molecular flexibility index (Phi) is 7.00. The first-order chi connectivity index (χ1) is 11.6. The standard InChI is InChI=1S/C19H25NO4/c1-15-5-7-16(8-6-15)9-10-18(21)20(12-11-19(22)23-2)14-17-4-3-13-24-17/h5-10,17H,3-4,11-14H2,1-2H3/b10-9+. The Labute approximate surface area is 143 Å². The summed E-state index contributed by atoms with van der Waals surface area (Å²) in [5, 5.41) is 0. The second-order valence-corrected chi connectivity index (χ2v) is 5.99. The van der Waals surface area contributed by atoms with Crippen LogP contribution in [0.2, 0.25) is 0 Å². The highest BCUT2D eigenvalue weighted by Crippen LogP contribution is 2.14. The molecule has 1 saturated heterocycles. The highest BCUT2D eigenvalue weighted by Gasteiger charge is 2.22. The molecule has 1 amide bonds. The van der Waals surface area contributed by atoms with Crippen molar-refractivity contribution in [1.29, 1.82) is 0 Å². The molecule has 1 aromatic carbocycles. The van der Waals surface area contributed by atoms with Crippen molar-refractivity contribution < 1.29 is 19.1 Å². The Bertz CT molecular complexity index is 574. The number of ether oxygens (including phenoxy) is 2. The molecule has 1 aliphatic rings. The molecule has 1 atom stereocenters. The lowest BCUT2D eigenvalue weighted by molar-refractivity contribution is -0.141. The van der Waals surface area contributed by atoms with Crippen LogP contribution in [0, 0.1) is 6.92 Å². The topological polar surface area (TPSA) is 55.8 Å². The number of hydrogen-bond donors (Lipinski definition) is 0. The first kappa shape index (κ1) is 18.2. The van der Waals surface area contributed by atoms with Gasteiger partial charge in [-0.1, -0.05) is 29.8 Å². The molecular weight excluding hydrogens is 306 g/mol. The normalized spacial score (nSPS) is 17.2. The van der Waals surface area contributed by atoms with Gasteiger partial charge in [0.2, 0.25) is 5.91 Å². The highest BCUT2D eigenvalue weighted by atomic mass is 16.5. The van der Waals surface area contributed by atoms with Crippen molar-refractivity contribution in [3.05, 3.63) is 41.5 Å². The van der Waals surface area contributed by atoms with Crippen LogP contribution in [0.1, 0.15) is 30.4 Å². The SMILES string of the molecule is COC(=O)CCN(CC1CCCO1)C(=O)/C=C/c1ccc(C)cc1. The zero-order valence-corrected chi connectivity index (χ0v) is 14.4. The van der Waals surface area contributed by atoms with Gasteiger partial charge in [-0.3, -0.25) is 9.59 Å². The van der Waals surface area contributed by atoms with E-state index in [4.69, 9.17) is 4.74 Å². The summed E-state index contributed by atoms with van der Waals surface area (Å²) < 4.78 is 10.3. The van der Waals surface area contributed by atoms with Crippen LogP contribution in [0.3, 0.4) is 0 Å². The molecule has 5 heteroatoms. The van der Waals surface area contributed by atoms with E-state index in [2.05, 4.69) is 4.74 Å². The van der Waals surface area contributed by atoms with Crippen molar-refractivity contribution in [2.45, 2.75) is 32.3 Å². The maximum Gasteiger partial charge on any atom is 0.307 e. The Morgan fingerprint density at radius 3 is 2.71 bits per heavy atom. The molecule has 130 valence electrons. The molecule has 0 N–H and O–H groups in total. The fourth-order valence-corrected chi connectivity index (χ4v) is 2.60. The second-order valence-electron chi connectivity index (χ2n) is 5.99. The molecule has 1 unspecified atom stereocenters. The van der Waals surface area contributed by atoms with Crippen molar-refractivity contribution in [3.63, 3.8) is 0 Å². The van der Waals surface area contributed by atoms with Gasteiger partial charge in [-0.15, -0.1) is 0 Å². The number of nitrogens with zero attached hydrogens (tertiary/aromatic N) is 1. The molecule has 0 aromatic heterocycles. The maximum absolute atomic E-state index is 12.5. The molecule has 1 aromatic rings. The fourth-order valence-electron chi connectivity index (χ4n) is 2.60. The summed E-state index contributed by atoms with van der Waals surface area (Å²) >= 11 is 0. The summed E-state index contributed by atoms with van der Waals surface area (Å²) in [5.74, 6) is -0.433. The summed E-state index contributed by atoms with van der Waals surface area (Å²) in [6, 6.07) is 7.95. The molecule has 0 bridgehead atoms. The van der Waals surface area contributed by atoms with Crippen LogP contribution in [-0.2, 0) is 19.1 Å². The average molecular weight is 331 g/mol. The van der Waals surface area contributed by atoms with Crippen LogP contribution in [0.4, 0.5) is 0 Å². The quantitative estimate of drug-likeness (QED) is 0.569. The van der Waals surface area contributed by atoms with Crippen LogP contribution in [-0.4, -0.2) is 49.7 Å². The van der Waals surface area contributed by atoms with Gasteiger partial charge in [0, 0.05) is 25.8 Å². The van der Waals surface area contributed by atoms with E-state index in [1.807, 2.05) is 31.2 Å². The molecule has 2 rings (SSSR count). The lowest BCUT2D eigenvalue weighted by Crippen LogP contribution is -2.37. The largest absolute Gasteiger partial charge is 0.469 e. The Morgan fingerprint density at radius 2 is 2.08 bits per heavy atom. The highest BCUT2D eigenvalue weighted by molar-refractivity contribution is 5.92. The van der Waals surface area contributed by atoms with Crippen LogP contribution < -0.4 is 0 Å². The monoisotopic (exact) mass is 331 g/mol. The predicted octanol–water partition coefficient (Wildman–Crippen LogP) is 2.58. The van der Waals surface area contributed by atoms with E-state index in [1.54, 1.807) is 17.1 Å². The minimum atomic E-state index is -0.317. The lowest BCUT2D eigenvalue weighted by atomic mass is 10.1. The minimum absolute atomic E-state index is 0.0550.